The van der Waals surface area contributed by atoms with Gasteiger partial charge in [0.15, 0.2) is 0 Å². The van der Waals surface area contributed by atoms with E-state index in [2.05, 4.69) is 19.1 Å². The highest BCUT2D eigenvalue weighted by molar-refractivity contribution is 5.49. The van der Waals surface area contributed by atoms with E-state index < -0.39 is 0 Å². The molecular weight excluding hydrogens is 174 g/mol. The minimum absolute atomic E-state index is 0.694. The first-order chi connectivity index (χ1) is 6.76. The van der Waals surface area contributed by atoms with E-state index in [-0.39, 0.29) is 0 Å². The second-order valence-corrected chi connectivity index (χ2v) is 4.00. The van der Waals surface area contributed by atoms with Gasteiger partial charge in [-0.25, -0.2) is 0 Å². The molecule has 0 radical (unpaired) electrons. The van der Waals surface area contributed by atoms with Crippen molar-refractivity contribution >= 4 is 0 Å². The molecule has 2 nitrogen and oxygen atoms in total. The second kappa shape index (κ2) is 3.62. The summed E-state index contributed by atoms with van der Waals surface area (Å²) in [5.74, 6) is 1.70. The van der Waals surface area contributed by atoms with E-state index >= 15 is 0 Å². The van der Waals surface area contributed by atoms with Gasteiger partial charge in [0, 0.05) is 0 Å². The molecule has 0 spiro atoms. The number of benzene rings is 1. The number of methoxy groups -OCH3 is 1. The lowest BCUT2D eigenvalue weighted by Gasteiger charge is -2.31. The number of rotatable bonds is 3. The molecule has 1 unspecified atom stereocenters. The lowest BCUT2D eigenvalue weighted by atomic mass is 9.75. The summed E-state index contributed by atoms with van der Waals surface area (Å²) in [6.07, 6.45) is 2.28. The Morgan fingerprint density at radius 3 is 2.93 bits per heavy atom. The molecule has 2 heteroatoms. The van der Waals surface area contributed by atoms with Crippen LogP contribution in [0.4, 0.5) is 0 Å². The highest BCUT2D eigenvalue weighted by atomic mass is 16.5. The first-order valence-electron chi connectivity index (χ1n) is 5.13. The van der Waals surface area contributed by atoms with E-state index in [0.29, 0.717) is 5.92 Å². The molecule has 0 aliphatic heterocycles. The van der Waals surface area contributed by atoms with Crippen LogP contribution in [-0.4, -0.2) is 13.7 Å². The van der Waals surface area contributed by atoms with Crippen molar-refractivity contribution in [3.8, 4) is 5.75 Å². The summed E-state index contributed by atoms with van der Waals surface area (Å²) < 4.78 is 5.29. The Kier molecular flexibility index (Phi) is 2.46. The van der Waals surface area contributed by atoms with E-state index in [1.807, 2.05) is 0 Å². The SMILES string of the molecule is COc1cc2c(cc1C)C(CCN)C2. The van der Waals surface area contributed by atoms with Crippen LogP contribution in [0.1, 0.15) is 29.0 Å². The molecule has 0 aromatic heterocycles. The maximum atomic E-state index is 5.57. The Balaban J connectivity index is 2.26. The quantitative estimate of drug-likeness (QED) is 0.793. The number of aryl methyl sites for hydroxylation is 1. The molecule has 14 heavy (non-hydrogen) atoms. The van der Waals surface area contributed by atoms with Gasteiger partial charge >= 0.3 is 0 Å². The first kappa shape index (κ1) is 9.53. The van der Waals surface area contributed by atoms with Gasteiger partial charge in [0.05, 0.1) is 7.11 Å². The van der Waals surface area contributed by atoms with Crippen molar-refractivity contribution < 1.29 is 4.74 Å². The summed E-state index contributed by atoms with van der Waals surface area (Å²) in [6.45, 7) is 2.88. The molecule has 1 aliphatic carbocycles. The van der Waals surface area contributed by atoms with Crippen molar-refractivity contribution in [1.29, 1.82) is 0 Å². The third kappa shape index (κ3) is 1.40. The zero-order valence-electron chi connectivity index (χ0n) is 8.84. The molecule has 1 aromatic rings. The second-order valence-electron chi connectivity index (χ2n) is 4.00. The highest BCUT2D eigenvalue weighted by Crippen LogP contribution is 2.40. The van der Waals surface area contributed by atoms with Gasteiger partial charge in [-0.15, -0.1) is 0 Å². The van der Waals surface area contributed by atoms with Gasteiger partial charge in [-0.2, -0.15) is 0 Å². The first-order valence-corrected chi connectivity index (χ1v) is 5.13. The Morgan fingerprint density at radius 2 is 2.29 bits per heavy atom. The summed E-state index contributed by atoms with van der Waals surface area (Å²) in [4.78, 5) is 0. The Bertz CT molecular complexity index is 346. The van der Waals surface area contributed by atoms with Crippen molar-refractivity contribution in [2.45, 2.75) is 25.7 Å². The van der Waals surface area contributed by atoms with Crippen LogP contribution in [0.3, 0.4) is 0 Å². The van der Waals surface area contributed by atoms with Crippen molar-refractivity contribution in [2.75, 3.05) is 13.7 Å². The molecule has 0 saturated carbocycles. The maximum Gasteiger partial charge on any atom is 0.122 e. The average molecular weight is 191 g/mol. The van der Waals surface area contributed by atoms with Crippen molar-refractivity contribution in [3.05, 3.63) is 28.8 Å². The fourth-order valence-electron chi connectivity index (χ4n) is 2.23. The van der Waals surface area contributed by atoms with E-state index in [9.17, 15) is 0 Å². The Morgan fingerprint density at radius 1 is 1.50 bits per heavy atom. The van der Waals surface area contributed by atoms with Crippen molar-refractivity contribution in [2.24, 2.45) is 5.73 Å². The third-order valence-corrected chi connectivity index (χ3v) is 3.08. The molecule has 0 saturated heterocycles. The van der Waals surface area contributed by atoms with Crippen LogP contribution in [0.15, 0.2) is 12.1 Å². The summed E-state index contributed by atoms with van der Waals surface area (Å²) in [7, 11) is 1.73. The zero-order valence-corrected chi connectivity index (χ0v) is 8.84. The summed E-state index contributed by atoms with van der Waals surface area (Å²) in [5, 5.41) is 0. The summed E-state index contributed by atoms with van der Waals surface area (Å²) >= 11 is 0. The predicted octanol–water partition coefficient (Wildman–Crippen LogP) is 1.99. The minimum atomic E-state index is 0.694. The minimum Gasteiger partial charge on any atom is -0.496 e. The van der Waals surface area contributed by atoms with Gasteiger partial charge < -0.3 is 10.5 Å². The standard InChI is InChI=1S/C12H17NO/c1-8-5-11-9(3-4-13)6-10(11)7-12(8)14-2/h5,7,9H,3-4,6,13H2,1-2H3. The monoisotopic (exact) mass is 191 g/mol. The van der Waals surface area contributed by atoms with Crippen molar-refractivity contribution in [1.82, 2.24) is 0 Å². The lowest BCUT2D eigenvalue weighted by molar-refractivity contribution is 0.408. The van der Waals surface area contributed by atoms with Crippen LogP contribution in [0, 0.1) is 6.92 Å². The lowest BCUT2D eigenvalue weighted by Crippen LogP contribution is -2.20. The third-order valence-electron chi connectivity index (χ3n) is 3.08. The molecule has 0 fully saturated rings. The van der Waals surface area contributed by atoms with E-state index in [1.165, 1.54) is 23.1 Å². The van der Waals surface area contributed by atoms with Gasteiger partial charge in [0.25, 0.3) is 0 Å². The largest absolute Gasteiger partial charge is 0.496 e. The van der Waals surface area contributed by atoms with Gasteiger partial charge in [0.2, 0.25) is 0 Å². The maximum absolute atomic E-state index is 5.57. The Hall–Kier alpha value is -1.02. The van der Waals surface area contributed by atoms with Crippen LogP contribution in [0.5, 0.6) is 5.75 Å². The Labute approximate surface area is 85.1 Å². The average Bonchev–Trinajstić information content (AvgIpc) is 2.17. The zero-order chi connectivity index (χ0) is 10.1. The molecule has 2 rings (SSSR count). The normalized spacial score (nSPS) is 18.6. The molecule has 1 aliphatic rings. The van der Waals surface area contributed by atoms with Gasteiger partial charge in [-0.1, -0.05) is 6.07 Å². The fourth-order valence-corrected chi connectivity index (χ4v) is 2.23. The molecular formula is C12H17NO. The van der Waals surface area contributed by atoms with Crippen LogP contribution in [-0.2, 0) is 6.42 Å². The number of hydrogen-bond acceptors (Lipinski definition) is 2. The van der Waals surface area contributed by atoms with Gasteiger partial charge in [-0.3, -0.25) is 0 Å². The van der Waals surface area contributed by atoms with E-state index in [0.717, 1.165) is 18.7 Å². The summed E-state index contributed by atoms with van der Waals surface area (Å²) in [5.41, 5.74) is 9.71. The number of ether oxygens (including phenoxy) is 1. The van der Waals surface area contributed by atoms with Gasteiger partial charge in [0.1, 0.15) is 5.75 Å². The predicted molar refractivity (Wildman–Crippen MR) is 57.8 cm³/mol. The van der Waals surface area contributed by atoms with Crippen LogP contribution in [0.2, 0.25) is 0 Å². The van der Waals surface area contributed by atoms with E-state index in [4.69, 9.17) is 10.5 Å². The molecule has 76 valence electrons. The molecule has 0 bridgehead atoms. The van der Waals surface area contributed by atoms with Crippen LogP contribution in [0.25, 0.3) is 0 Å². The van der Waals surface area contributed by atoms with Crippen LogP contribution < -0.4 is 10.5 Å². The molecule has 1 aromatic carbocycles. The van der Waals surface area contributed by atoms with Gasteiger partial charge in [-0.05, 0) is 55.0 Å². The number of fused-ring (bicyclic) bond motifs is 1. The molecule has 2 N–H and O–H groups in total. The molecule has 1 atom stereocenters. The van der Waals surface area contributed by atoms with Crippen molar-refractivity contribution in [3.63, 3.8) is 0 Å². The highest BCUT2D eigenvalue weighted by Gasteiger charge is 2.26. The number of nitrogens with two attached hydrogens (primary N) is 1. The molecule has 0 heterocycles. The summed E-state index contributed by atoms with van der Waals surface area (Å²) in [6, 6.07) is 4.41. The van der Waals surface area contributed by atoms with E-state index in [1.54, 1.807) is 7.11 Å². The fraction of sp³-hybridized carbons (Fsp3) is 0.500. The molecule has 0 amide bonds. The van der Waals surface area contributed by atoms with Crippen LogP contribution >= 0.6 is 0 Å². The smallest absolute Gasteiger partial charge is 0.122 e. The topological polar surface area (TPSA) is 35.2 Å². The number of hydrogen-bond donors (Lipinski definition) is 1.